The van der Waals surface area contributed by atoms with Gasteiger partial charge in [0.25, 0.3) is 0 Å². The Kier molecular flexibility index (Phi) is 7.69. The lowest BCUT2D eigenvalue weighted by Crippen LogP contribution is -2.45. The first kappa shape index (κ1) is 26.7. The minimum atomic E-state index is -0.172. The molecule has 0 radical (unpaired) electrons. The number of nitrogens with zero attached hydrogens (tertiary/aromatic N) is 6. The molecule has 1 saturated carbocycles. The van der Waals surface area contributed by atoms with E-state index in [-0.39, 0.29) is 5.60 Å². The zero-order chi connectivity index (χ0) is 27.5. The smallest absolute Gasteiger partial charge is 0.245 e. The van der Waals surface area contributed by atoms with Gasteiger partial charge < -0.3 is 23.7 Å². The van der Waals surface area contributed by atoms with Crippen LogP contribution in [0.15, 0.2) is 54.9 Å². The first-order valence-electron chi connectivity index (χ1n) is 14.1. The van der Waals surface area contributed by atoms with E-state index in [1.165, 1.54) is 0 Å². The van der Waals surface area contributed by atoms with Gasteiger partial charge >= 0.3 is 0 Å². The number of hydrogen-bond acceptors (Lipinski definition) is 8. The number of aromatic nitrogens is 4. The summed E-state index contributed by atoms with van der Waals surface area (Å²) in [6.07, 6.45) is 3.61. The van der Waals surface area contributed by atoms with Gasteiger partial charge in [-0.1, -0.05) is 30.3 Å². The molecule has 4 aromatic rings. The van der Waals surface area contributed by atoms with Crippen molar-refractivity contribution in [2.75, 3.05) is 53.5 Å². The largest absolute Gasteiger partial charge is 0.492 e. The normalized spacial score (nSPS) is 17.3. The lowest BCUT2D eigenvalue weighted by atomic mass is 10.1. The maximum atomic E-state index is 6.30. The maximum Gasteiger partial charge on any atom is 0.245 e. The number of hydrogen-bond donors (Lipinski definition) is 0. The molecule has 0 atom stereocenters. The quantitative estimate of drug-likeness (QED) is 0.279. The molecular formula is C31H38N6O3. The number of methoxy groups -OCH3 is 1. The van der Waals surface area contributed by atoms with Crippen molar-refractivity contribution in [2.45, 2.75) is 38.5 Å². The highest BCUT2D eigenvalue weighted by atomic mass is 16.5. The second kappa shape index (κ2) is 11.5. The van der Waals surface area contributed by atoms with Crippen molar-refractivity contribution in [3.8, 4) is 23.0 Å². The van der Waals surface area contributed by atoms with Gasteiger partial charge in [-0.3, -0.25) is 4.90 Å². The summed E-state index contributed by atoms with van der Waals surface area (Å²) in [7, 11) is 3.89. The summed E-state index contributed by atoms with van der Waals surface area (Å²) in [6, 6.07) is 16.5. The Morgan fingerprint density at radius 1 is 0.975 bits per heavy atom. The van der Waals surface area contributed by atoms with E-state index in [1.807, 2.05) is 12.1 Å². The molecule has 40 heavy (non-hydrogen) atoms. The minimum Gasteiger partial charge on any atom is -0.492 e. The Bertz CT molecular complexity index is 1440. The molecule has 2 aromatic heterocycles. The van der Waals surface area contributed by atoms with Crippen LogP contribution in [0, 0.1) is 0 Å². The Morgan fingerprint density at radius 3 is 2.52 bits per heavy atom. The van der Waals surface area contributed by atoms with Gasteiger partial charge in [0.15, 0.2) is 11.2 Å². The van der Waals surface area contributed by atoms with Crippen LogP contribution in [0.2, 0.25) is 0 Å². The third-order valence-corrected chi connectivity index (χ3v) is 7.87. The Morgan fingerprint density at radius 2 is 1.77 bits per heavy atom. The summed E-state index contributed by atoms with van der Waals surface area (Å²) in [6.45, 7) is 9.11. The molecule has 9 heteroatoms. The number of fused-ring (bicyclic) bond motifs is 1. The topological polar surface area (TPSA) is 77.8 Å². The molecule has 6 rings (SSSR count). The molecule has 0 N–H and O–H groups in total. The molecule has 3 heterocycles. The highest BCUT2D eigenvalue weighted by Crippen LogP contribution is 2.41. The molecule has 2 fully saturated rings. The molecule has 1 aliphatic heterocycles. The summed E-state index contributed by atoms with van der Waals surface area (Å²) < 4.78 is 20.3. The summed E-state index contributed by atoms with van der Waals surface area (Å²) in [5.74, 6) is 2.18. The molecule has 0 spiro atoms. The third-order valence-electron chi connectivity index (χ3n) is 7.87. The number of imidazole rings is 1. The fraction of sp³-hybridized carbons (Fsp3) is 0.452. The van der Waals surface area contributed by atoms with Crippen molar-refractivity contribution in [3.05, 3.63) is 66.0 Å². The zero-order valence-electron chi connectivity index (χ0n) is 23.7. The molecule has 1 saturated heterocycles. The van der Waals surface area contributed by atoms with Crippen LogP contribution >= 0.6 is 0 Å². The average Bonchev–Trinajstić information content (AvgIpc) is 3.58. The molecule has 1 aliphatic carbocycles. The molecule has 2 aliphatic rings. The van der Waals surface area contributed by atoms with Gasteiger partial charge in [0, 0.05) is 45.4 Å². The van der Waals surface area contributed by atoms with E-state index in [2.05, 4.69) is 74.7 Å². The van der Waals surface area contributed by atoms with Crippen molar-refractivity contribution in [1.29, 1.82) is 0 Å². The van der Waals surface area contributed by atoms with Gasteiger partial charge in [0.2, 0.25) is 5.88 Å². The van der Waals surface area contributed by atoms with Crippen molar-refractivity contribution in [2.24, 2.45) is 0 Å². The number of rotatable bonds is 11. The van der Waals surface area contributed by atoms with E-state index in [1.54, 1.807) is 13.4 Å². The van der Waals surface area contributed by atoms with Crippen LogP contribution in [0.5, 0.6) is 11.6 Å². The minimum absolute atomic E-state index is 0.172. The van der Waals surface area contributed by atoms with Crippen LogP contribution < -0.4 is 9.47 Å². The second-order valence-corrected chi connectivity index (χ2v) is 11.2. The van der Waals surface area contributed by atoms with E-state index < -0.39 is 0 Å². The van der Waals surface area contributed by atoms with Crippen LogP contribution in [-0.4, -0.2) is 88.4 Å². The standard InChI is InChI=1S/C31H38N6O3/c1-31(11-12-31)40-30-27-29(32-22-33-30)37(20-23-7-5-4-6-8-23)28(34-27)26-10-9-25(19-24(26)21-38-3)39-18-17-36-15-13-35(2)14-16-36/h4-10,19,22H,11-18,20-21H2,1-3H3. The molecule has 210 valence electrons. The number of ether oxygens (including phenoxy) is 3. The zero-order valence-corrected chi connectivity index (χ0v) is 23.7. The van der Waals surface area contributed by atoms with Crippen molar-refractivity contribution < 1.29 is 14.2 Å². The van der Waals surface area contributed by atoms with Gasteiger partial charge in [0.05, 0.1) is 13.2 Å². The van der Waals surface area contributed by atoms with E-state index in [9.17, 15) is 0 Å². The SMILES string of the molecule is COCc1cc(OCCN2CCN(C)CC2)ccc1-c1nc2c(OC3(C)CC3)ncnc2n1Cc1ccccc1. The average molecular weight is 543 g/mol. The first-order valence-corrected chi connectivity index (χ1v) is 14.1. The van der Waals surface area contributed by atoms with Gasteiger partial charge in [-0.2, -0.15) is 4.98 Å². The molecular weight excluding hydrogens is 504 g/mol. The van der Waals surface area contributed by atoms with Gasteiger partial charge in [0.1, 0.15) is 30.1 Å². The fourth-order valence-corrected chi connectivity index (χ4v) is 5.14. The Balaban J connectivity index is 1.32. The number of piperazine rings is 1. The highest BCUT2D eigenvalue weighted by Gasteiger charge is 2.41. The maximum absolute atomic E-state index is 6.30. The predicted molar refractivity (Wildman–Crippen MR) is 155 cm³/mol. The van der Waals surface area contributed by atoms with Gasteiger partial charge in [-0.25, -0.2) is 9.97 Å². The van der Waals surface area contributed by atoms with Crippen LogP contribution in [0.1, 0.15) is 30.9 Å². The lowest BCUT2D eigenvalue weighted by Gasteiger charge is -2.32. The van der Waals surface area contributed by atoms with Crippen LogP contribution in [-0.2, 0) is 17.9 Å². The van der Waals surface area contributed by atoms with Gasteiger partial charge in [-0.05, 0) is 56.1 Å². The first-order chi connectivity index (χ1) is 19.5. The fourth-order valence-electron chi connectivity index (χ4n) is 5.14. The molecule has 0 bridgehead atoms. The number of likely N-dealkylation sites (N-methyl/N-ethyl adjacent to an activating group) is 1. The van der Waals surface area contributed by atoms with E-state index in [4.69, 9.17) is 19.2 Å². The molecule has 9 nitrogen and oxygen atoms in total. The van der Waals surface area contributed by atoms with Crippen molar-refractivity contribution in [1.82, 2.24) is 29.3 Å². The van der Waals surface area contributed by atoms with Crippen molar-refractivity contribution >= 4 is 11.2 Å². The Labute approximate surface area is 235 Å². The van der Waals surface area contributed by atoms with Gasteiger partial charge in [-0.15, -0.1) is 0 Å². The van der Waals surface area contributed by atoms with E-state index in [0.717, 1.165) is 79.5 Å². The van der Waals surface area contributed by atoms with Crippen LogP contribution in [0.4, 0.5) is 0 Å². The van der Waals surface area contributed by atoms with E-state index >= 15 is 0 Å². The number of benzene rings is 2. The highest BCUT2D eigenvalue weighted by molar-refractivity contribution is 5.82. The molecule has 0 unspecified atom stereocenters. The summed E-state index contributed by atoms with van der Waals surface area (Å²) in [5.41, 5.74) is 4.41. The van der Waals surface area contributed by atoms with Crippen molar-refractivity contribution in [3.63, 3.8) is 0 Å². The molecule has 2 aromatic carbocycles. The summed E-state index contributed by atoms with van der Waals surface area (Å²) in [4.78, 5) is 19.1. The second-order valence-electron chi connectivity index (χ2n) is 11.2. The monoisotopic (exact) mass is 542 g/mol. The van der Waals surface area contributed by atoms with Crippen LogP contribution in [0.3, 0.4) is 0 Å². The summed E-state index contributed by atoms with van der Waals surface area (Å²) >= 11 is 0. The van der Waals surface area contributed by atoms with E-state index in [0.29, 0.717) is 31.2 Å². The Hall–Kier alpha value is -3.53. The summed E-state index contributed by atoms with van der Waals surface area (Å²) in [5, 5.41) is 0. The van der Waals surface area contributed by atoms with Crippen LogP contribution in [0.25, 0.3) is 22.6 Å². The predicted octanol–water partition coefficient (Wildman–Crippen LogP) is 4.25. The lowest BCUT2D eigenvalue weighted by molar-refractivity contribution is 0.133. The molecule has 0 amide bonds. The third kappa shape index (κ3) is 5.96.